The number of hydrogen-bond acceptors (Lipinski definition) is 5. The molecule has 6 heteroatoms. The smallest absolute Gasteiger partial charge is 0.340 e. The van der Waals surface area contributed by atoms with Gasteiger partial charge in [0.25, 0.3) is 6.35 Å². The lowest BCUT2D eigenvalue weighted by atomic mass is 10.1. The van der Waals surface area contributed by atoms with E-state index in [4.69, 9.17) is 11.4 Å². The third kappa shape index (κ3) is 4.25. The summed E-state index contributed by atoms with van der Waals surface area (Å²) >= 11 is 0. The van der Waals surface area contributed by atoms with E-state index in [0.29, 0.717) is 5.69 Å². The van der Waals surface area contributed by atoms with Crippen molar-refractivity contribution < 1.29 is 4.84 Å². The van der Waals surface area contributed by atoms with Crippen LogP contribution in [0.3, 0.4) is 0 Å². The molecule has 1 aliphatic heterocycles. The number of amidine groups is 1. The molecule has 1 atom stereocenters. The predicted molar refractivity (Wildman–Crippen MR) is 81.4 cm³/mol. The normalized spacial score (nSPS) is 18.3. The zero-order valence-corrected chi connectivity index (χ0v) is 12.6. The molecule has 0 N–H and O–H groups in total. The maximum Gasteiger partial charge on any atom is 0.340 e. The molecule has 2 rings (SSSR count). The van der Waals surface area contributed by atoms with E-state index in [2.05, 4.69) is 19.9 Å². The molecule has 1 fully saturated rings. The van der Waals surface area contributed by atoms with E-state index in [-0.39, 0.29) is 12.2 Å². The van der Waals surface area contributed by atoms with Crippen molar-refractivity contribution in [3.8, 4) is 0 Å². The predicted octanol–water partition coefficient (Wildman–Crippen LogP) is 2.01. The molecule has 1 aromatic rings. The van der Waals surface area contributed by atoms with Crippen LogP contribution in [0.4, 0.5) is 0 Å². The fourth-order valence-corrected chi connectivity index (χ4v) is 2.34. The summed E-state index contributed by atoms with van der Waals surface area (Å²) in [5.74, 6) is 0.180. The summed E-state index contributed by atoms with van der Waals surface area (Å²) in [6, 6.07) is 5.39. The molecule has 112 valence electrons. The third-order valence-electron chi connectivity index (χ3n) is 3.38. The van der Waals surface area contributed by atoms with E-state index in [1.54, 1.807) is 12.3 Å². The molecule has 0 amide bonds. The first-order valence-electron chi connectivity index (χ1n) is 7.15. The van der Waals surface area contributed by atoms with E-state index in [9.17, 15) is 0 Å². The van der Waals surface area contributed by atoms with E-state index < -0.39 is 0 Å². The number of piperidine rings is 1. The first-order chi connectivity index (χ1) is 10.2. The maximum atomic E-state index is 7.24. The Balaban J connectivity index is 2.09. The van der Waals surface area contributed by atoms with E-state index in [1.807, 2.05) is 31.1 Å². The van der Waals surface area contributed by atoms with Crippen LogP contribution in [-0.2, 0) is 4.84 Å². The van der Waals surface area contributed by atoms with Gasteiger partial charge in [-0.25, -0.2) is 0 Å². The minimum Gasteiger partial charge on any atom is -0.356 e. The van der Waals surface area contributed by atoms with Crippen LogP contribution in [0.25, 0.3) is 4.85 Å². The summed E-state index contributed by atoms with van der Waals surface area (Å²) in [5, 5.41) is 4.03. The summed E-state index contributed by atoms with van der Waals surface area (Å²) in [6.07, 6.45) is 5.01. The number of hydrogen-bond donors (Lipinski definition) is 0. The summed E-state index contributed by atoms with van der Waals surface area (Å²) in [4.78, 5) is 17.4. The second-order valence-electron chi connectivity index (χ2n) is 5.23. The second-order valence-corrected chi connectivity index (χ2v) is 5.23. The summed E-state index contributed by atoms with van der Waals surface area (Å²) in [6.45, 7) is 9.23. The van der Waals surface area contributed by atoms with Crippen molar-refractivity contribution in [3.63, 3.8) is 0 Å². The zero-order chi connectivity index (χ0) is 15.1. The molecule has 2 heterocycles. The number of aromatic nitrogens is 1. The average molecular weight is 287 g/mol. The molecule has 0 aliphatic carbocycles. The van der Waals surface area contributed by atoms with Gasteiger partial charge >= 0.3 is 5.84 Å². The van der Waals surface area contributed by atoms with Crippen molar-refractivity contribution in [2.24, 2.45) is 5.16 Å². The monoisotopic (exact) mass is 287 g/mol. The SMILES string of the molecule is [C-]#[N+]C(=NOC(N(C)C)N1CCCCC1)c1ccccn1. The maximum absolute atomic E-state index is 7.24. The first kappa shape index (κ1) is 15.4. The van der Waals surface area contributed by atoms with Crippen molar-refractivity contribution in [1.82, 2.24) is 14.8 Å². The molecule has 6 nitrogen and oxygen atoms in total. The molecule has 0 radical (unpaired) electrons. The Hall–Kier alpha value is -1.97. The number of nitrogens with zero attached hydrogens (tertiary/aromatic N) is 5. The lowest BCUT2D eigenvalue weighted by molar-refractivity contribution is -0.141. The van der Waals surface area contributed by atoms with Crippen molar-refractivity contribution in [2.45, 2.75) is 25.6 Å². The standard InChI is InChI=1S/C15H21N5O/c1-16-14(13-9-5-6-10-17-13)18-21-15(19(2)3)20-11-7-4-8-12-20/h5-6,9-10,15H,4,7-8,11-12H2,2-3H3. The highest BCUT2D eigenvalue weighted by Crippen LogP contribution is 2.15. The van der Waals surface area contributed by atoms with Crippen molar-refractivity contribution in [3.05, 3.63) is 41.5 Å². The molecular formula is C15H21N5O. The van der Waals surface area contributed by atoms with Crippen LogP contribution < -0.4 is 0 Å². The van der Waals surface area contributed by atoms with Gasteiger partial charge in [0, 0.05) is 19.3 Å². The van der Waals surface area contributed by atoms with Gasteiger partial charge in [-0.05, 0) is 39.1 Å². The van der Waals surface area contributed by atoms with Gasteiger partial charge in [0.1, 0.15) is 0 Å². The van der Waals surface area contributed by atoms with Gasteiger partial charge in [-0.1, -0.05) is 19.1 Å². The van der Waals surface area contributed by atoms with Gasteiger partial charge in [-0.2, -0.15) is 0 Å². The third-order valence-corrected chi connectivity index (χ3v) is 3.38. The van der Waals surface area contributed by atoms with Crippen LogP contribution in [0.5, 0.6) is 0 Å². The molecule has 0 saturated carbocycles. The lowest BCUT2D eigenvalue weighted by Gasteiger charge is -2.34. The van der Waals surface area contributed by atoms with Crippen molar-refractivity contribution in [1.29, 1.82) is 0 Å². The fourth-order valence-electron chi connectivity index (χ4n) is 2.34. The highest BCUT2D eigenvalue weighted by molar-refractivity contribution is 6.03. The number of likely N-dealkylation sites (tertiary alicyclic amines) is 1. The molecule has 1 aromatic heterocycles. The zero-order valence-electron chi connectivity index (χ0n) is 12.6. The molecular weight excluding hydrogens is 266 g/mol. The summed E-state index contributed by atoms with van der Waals surface area (Å²) in [5.41, 5.74) is 0.531. The van der Waals surface area contributed by atoms with Crippen LogP contribution in [0.1, 0.15) is 25.0 Å². The van der Waals surface area contributed by atoms with E-state index in [1.165, 1.54) is 19.3 Å². The van der Waals surface area contributed by atoms with Gasteiger partial charge in [0.2, 0.25) is 0 Å². The Morgan fingerprint density at radius 2 is 2.14 bits per heavy atom. The Kier molecular flexibility index (Phi) is 5.67. The molecule has 0 spiro atoms. The van der Waals surface area contributed by atoms with Gasteiger partial charge < -0.3 is 4.85 Å². The second kappa shape index (κ2) is 7.72. The lowest BCUT2D eigenvalue weighted by Crippen LogP contribution is -2.48. The number of pyridine rings is 1. The fraction of sp³-hybridized carbons (Fsp3) is 0.533. The molecule has 1 saturated heterocycles. The average Bonchev–Trinajstić information content (AvgIpc) is 2.53. The highest BCUT2D eigenvalue weighted by atomic mass is 16.7. The van der Waals surface area contributed by atoms with Crippen LogP contribution in [0.2, 0.25) is 0 Å². The summed E-state index contributed by atoms with van der Waals surface area (Å²) < 4.78 is 0. The minimum absolute atomic E-state index is 0.180. The Labute approximate surface area is 125 Å². The Morgan fingerprint density at radius 1 is 1.38 bits per heavy atom. The van der Waals surface area contributed by atoms with Gasteiger partial charge in [-0.3, -0.25) is 19.6 Å². The van der Waals surface area contributed by atoms with Gasteiger partial charge in [0.05, 0.1) is 10.8 Å². The Morgan fingerprint density at radius 3 is 2.71 bits per heavy atom. The van der Waals surface area contributed by atoms with Gasteiger partial charge in [0.15, 0.2) is 0 Å². The van der Waals surface area contributed by atoms with Crippen LogP contribution in [0.15, 0.2) is 29.6 Å². The first-order valence-corrected chi connectivity index (χ1v) is 7.15. The largest absolute Gasteiger partial charge is 0.356 e. The van der Waals surface area contributed by atoms with Crippen molar-refractivity contribution >= 4 is 5.84 Å². The molecule has 1 unspecified atom stereocenters. The number of oxime groups is 1. The summed E-state index contributed by atoms with van der Waals surface area (Å²) in [7, 11) is 3.90. The van der Waals surface area contributed by atoms with Crippen molar-refractivity contribution in [2.75, 3.05) is 27.2 Å². The molecule has 21 heavy (non-hydrogen) atoms. The van der Waals surface area contributed by atoms with E-state index in [0.717, 1.165) is 13.1 Å². The molecule has 0 bridgehead atoms. The van der Waals surface area contributed by atoms with Crippen LogP contribution >= 0.6 is 0 Å². The Bertz CT molecular complexity index is 503. The number of rotatable bonds is 5. The van der Waals surface area contributed by atoms with Crippen LogP contribution in [0, 0.1) is 6.57 Å². The minimum atomic E-state index is -0.245. The van der Waals surface area contributed by atoms with Crippen LogP contribution in [-0.4, -0.2) is 54.2 Å². The van der Waals surface area contributed by atoms with Gasteiger partial charge in [-0.15, -0.1) is 0 Å². The quantitative estimate of drug-likeness (QED) is 0.273. The highest BCUT2D eigenvalue weighted by Gasteiger charge is 2.26. The van der Waals surface area contributed by atoms with E-state index >= 15 is 0 Å². The molecule has 1 aliphatic rings. The topological polar surface area (TPSA) is 45.3 Å². The molecule has 0 aromatic carbocycles.